The van der Waals surface area contributed by atoms with Crippen molar-refractivity contribution in [2.24, 2.45) is 0 Å². The molecule has 2 aliphatic heterocycles. The van der Waals surface area contributed by atoms with Gasteiger partial charge in [0, 0.05) is 43.0 Å². The van der Waals surface area contributed by atoms with Gasteiger partial charge in [0.2, 0.25) is 0 Å². The van der Waals surface area contributed by atoms with Crippen molar-refractivity contribution in [3.63, 3.8) is 0 Å². The molecule has 9 heteroatoms. The molecular formula is C40H48N6O3. The molecule has 0 spiro atoms. The number of nitrogens with zero attached hydrogens (tertiary/aromatic N) is 3. The van der Waals surface area contributed by atoms with E-state index in [1.165, 1.54) is 23.2 Å². The summed E-state index contributed by atoms with van der Waals surface area (Å²) in [5.74, 6) is 1.23. The molecule has 0 unspecified atom stereocenters. The lowest BCUT2D eigenvalue weighted by atomic mass is 9.87. The van der Waals surface area contributed by atoms with Gasteiger partial charge in [0.25, 0.3) is 5.91 Å². The molecule has 6 rings (SSSR count). The zero-order chi connectivity index (χ0) is 34.4. The largest absolute Gasteiger partial charge is 0.458 e. The Kier molecular flexibility index (Phi) is 10.5. The van der Waals surface area contributed by atoms with Crippen molar-refractivity contribution in [2.45, 2.75) is 77.4 Å². The summed E-state index contributed by atoms with van der Waals surface area (Å²) >= 11 is 0. The van der Waals surface area contributed by atoms with Crippen LogP contribution >= 0.6 is 0 Å². The second-order valence-electron chi connectivity index (χ2n) is 14.0. The first-order valence-corrected chi connectivity index (χ1v) is 17.6. The van der Waals surface area contributed by atoms with Crippen LogP contribution in [0, 0.1) is 0 Å². The Balaban J connectivity index is 1.13. The van der Waals surface area contributed by atoms with E-state index < -0.39 is 17.6 Å². The molecule has 1 saturated heterocycles. The van der Waals surface area contributed by atoms with E-state index in [1.54, 1.807) is 18.5 Å². The molecule has 1 fully saturated rings. The summed E-state index contributed by atoms with van der Waals surface area (Å²) in [6.45, 7) is 10.5. The molecule has 1 amide bonds. The molecule has 4 aromatic rings. The fourth-order valence-electron chi connectivity index (χ4n) is 6.76. The Morgan fingerprint density at radius 1 is 0.980 bits per heavy atom. The number of hydrogen-bond acceptors (Lipinski definition) is 8. The number of aryl methyl sites for hydroxylation is 1. The number of nitrogens with one attached hydrogen (secondary N) is 3. The number of piperidine rings is 1. The summed E-state index contributed by atoms with van der Waals surface area (Å²) in [7, 11) is 0. The third-order valence-corrected chi connectivity index (χ3v) is 9.34. The number of esters is 1. The van der Waals surface area contributed by atoms with Crippen LogP contribution in [0.1, 0.15) is 79.9 Å². The van der Waals surface area contributed by atoms with E-state index in [-0.39, 0.29) is 12.5 Å². The van der Waals surface area contributed by atoms with Gasteiger partial charge in [-0.1, -0.05) is 61.5 Å². The third kappa shape index (κ3) is 8.39. The fraction of sp³-hybridized carbons (Fsp3) is 0.400. The molecule has 3 heterocycles. The molecule has 0 bridgehead atoms. The minimum Gasteiger partial charge on any atom is -0.458 e. The molecule has 1 aromatic heterocycles. The fourth-order valence-corrected chi connectivity index (χ4v) is 6.76. The van der Waals surface area contributed by atoms with E-state index in [2.05, 4.69) is 51.0 Å². The van der Waals surface area contributed by atoms with Gasteiger partial charge >= 0.3 is 5.97 Å². The van der Waals surface area contributed by atoms with Crippen LogP contribution in [0.15, 0.2) is 79.1 Å². The average Bonchev–Trinajstić information content (AvgIpc) is 3.12. The van der Waals surface area contributed by atoms with Gasteiger partial charge < -0.3 is 25.6 Å². The molecule has 0 aliphatic carbocycles. The minimum absolute atomic E-state index is 0.112. The monoisotopic (exact) mass is 660 g/mol. The van der Waals surface area contributed by atoms with Gasteiger partial charge in [0.05, 0.1) is 0 Å². The number of hydrogen-bond donors (Lipinski definition) is 3. The summed E-state index contributed by atoms with van der Waals surface area (Å²) < 4.78 is 5.72. The second-order valence-corrected chi connectivity index (χ2v) is 14.0. The van der Waals surface area contributed by atoms with Gasteiger partial charge in [-0.3, -0.25) is 4.79 Å². The normalized spacial score (nSPS) is 15.5. The number of anilines is 3. The van der Waals surface area contributed by atoms with Crippen LogP contribution in [-0.2, 0) is 22.4 Å². The topological polar surface area (TPSA) is 108 Å². The highest BCUT2D eigenvalue weighted by atomic mass is 16.6. The second kappa shape index (κ2) is 15.1. The van der Waals surface area contributed by atoms with Gasteiger partial charge in [-0.25, -0.2) is 14.8 Å². The molecule has 49 heavy (non-hydrogen) atoms. The van der Waals surface area contributed by atoms with E-state index in [9.17, 15) is 9.59 Å². The van der Waals surface area contributed by atoms with Gasteiger partial charge in [-0.15, -0.1) is 0 Å². The number of amides is 1. The molecule has 0 radical (unpaired) electrons. The van der Waals surface area contributed by atoms with Crippen LogP contribution in [0.2, 0.25) is 0 Å². The Bertz CT molecular complexity index is 1740. The maximum absolute atomic E-state index is 13.4. The van der Waals surface area contributed by atoms with Crippen LogP contribution in [0.3, 0.4) is 0 Å². The lowest BCUT2D eigenvalue weighted by molar-refractivity contribution is -0.156. The molecular weight excluding hydrogens is 612 g/mol. The van der Waals surface area contributed by atoms with Crippen LogP contribution < -0.4 is 20.9 Å². The highest BCUT2D eigenvalue weighted by molar-refractivity contribution is 5.97. The first kappa shape index (κ1) is 34.0. The summed E-state index contributed by atoms with van der Waals surface area (Å²) in [6, 6.07) is 23.4. The maximum Gasteiger partial charge on any atom is 0.331 e. The van der Waals surface area contributed by atoms with Crippen LogP contribution in [0.4, 0.5) is 17.3 Å². The van der Waals surface area contributed by atoms with E-state index in [1.807, 2.05) is 63.2 Å². The van der Waals surface area contributed by atoms with Crippen LogP contribution in [0.5, 0.6) is 0 Å². The number of rotatable bonds is 10. The summed E-state index contributed by atoms with van der Waals surface area (Å²) in [4.78, 5) is 38.4. The Morgan fingerprint density at radius 2 is 1.71 bits per heavy atom. The molecule has 0 saturated carbocycles. The lowest BCUT2D eigenvalue weighted by Gasteiger charge is -2.34. The number of fused-ring (bicyclic) bond motifs is 1. The Labute approximate surface area is 289 Å². The third-order valence-electron chi connectivity index (χ3n) is 9.34. The smallest absolute Gasteiger partial charge is 0.331 e. The molecule has 9 nitrogen and oxygen atoms in total. The molecule has 3 N–H and O–H groups in total. The van der Waals surface area contributed by atoms with Crippen molar-refractivity contribution >= 4 is 29.2 Å². The number of ether oxygens (including phenoxy) is 1. The van der Waals surface area contributed by atoms with Crippen molar-refractivity contribution < 1.29 is 14.3 Å². The van der Waals surface area contributed by atoms with Crippen molar-refractivity contribution in [3.05, 3.63) is 101 Å². The number of carbonyl (C=O) groups excluding carboxylic acids is 2. The average molecular weight is 661 g/mol. The van der Waals surface area contributed by atoms with Crippen molar-refractivity contribution in [3.8, 4) is 11.1 Å². The highest BCUT2D eigenvalue weighted by Crippen LogP contribution is 2.35. The quantitative estimate of drug-likeness (QED) is 0.156. The zero-order valence-electron chi connectivity index (χ0n) is 29.1. The molecule has 2 aliphatic rings. The van der Waals surface area contributed by atoms with Gasteiger partial charge in [-0.2, -0.15) is 0 Å². The van der Waals surface area contributed by atoms with Gasteiger partial charge in [-0.05, 0) is 99.2 Å². The first-order chi connectivity index (χ1) is 23.7. The minimum atomic E-state index is -0.939. The standard InChI is InChI=1S/C40H48N6O3/c1-5-33-36(43-26-44-37(33)46-22-19-29(20-23-46)32-18-15-30-12-9-21-41-34(30)24-32)42-25-35(39(48)49-40(2,3)4)45-38(47)31-16-13-28(14-17-31)27-10-7-6-8-11-27/h6-8,10-11,13-18,24,26,29,35,41H,5,9,12,19-23,25H2,1-4H3,(H,45,47)(H,42,43,44)/t35-/m0/s1. The van der Waals surface area contributed by atoms with Gasteiger partial charge in [0.1, 0.15) is 29.6 Å². The lowest BCUT2D eigenvalue weighted by Crippen LogP contribution is -2.48. The van der Waals surface area contributed by atoms with Crippen molar-refractivity contribution in [1.29, 1.82) is 0 Å². The van der Waals surface area contributed by atoms with E-state index in [0.29, 0.717) is 23.7 Å². The molecule has 256 valence electrons. The molecule has 3 aromatic carbocycles. The van der Waals surface area contributed by atoms with E-state index in [0.717, 1.165) is 61.4 Å². The summed E-state index contributed by atoms with van der Waals surface area (Å²) in [5, 5.41) is 9.84. The summed E-state index contributed by atoms with van der Waals surface area (Å²) in [5.41, 5.74) is 6.95. The van der Waals surface area contributed by atoms with E-state index in [4.69, 9.17) is 9.72 Å². The predicted octanol–water partition coefficient (Wildman–Crippen LogP) is 7.00. The predicted molar refractivity (Wildman–Crippen MR) is 196 cm³/mol. The summed E-state index contributed by atoms with van der Waals surface area (Å²) in [6.07, 6.45) is 6.74. The zero-order valence-corrected chi connectivity index (χ0v) is 29.1. The number of benzene rings is 3. The highest BCUT2D eigenvalue weighted by Gasteiger charge is 2.29. The van der Waals surface area contributed by atoms with Crippen LogP contribution in [0.25, 0.3) is 11.1 Å². The SMILES string of the molecule is CCc1c(NC[C@H](NC(=O)c2ccc(-c3ccccc3)cc2)C(=O)OC(C)(C)C)ncnc1N1CCC(c2ccc3c(c2)NCCC3)CC1. The van der Waals surface area contributed by atoms with Crippen molar-refractivity contribution in [1.82, 2.24) is 15.3 Å². The number of carbonyl (C=O) groups is 2. The number of aromatic nitrogens is 2. The Morgan fingerprint density at radius 3 is 2.43 bits per heavy atom. The van der Waals surface area contributed by atoms with Crippen LogP contribution in [-0.4, -0.2) is 59.7 Å². The van der Waals surface area contributed by atoms with Crippen molar-refractivity contribution in [2.75, 3.05) is 41.7 Å². The Hall–Kier alpha value is -4.92. The molecule has 1 atom stereocenters. The maximum atomic E-state index is 13.4. The van der Waals surface area contributed by atoms with Gasteiger partial charge in [0.15, 0.2) is 0 Å². The van der Waals surface area contributed by atoms with E-state index >= 15 is 0 Å². The first-order valence-electron chi connectivity index (χ1n) is 17.6.